The second-order valence-corrected chi connectivity index (χ2v) is 12.2. The van der Waals surface area contributed by atoms with E-state index in [0.29, 0.717) is 13.0 Å². The fraction of sp³-hybridized carbons (Fsp3) is 0.526. The van der Waals surface area contributed by atoms with Crippen LogP contribution in [0.2, 0.25) is 18.1 Å². The summed E-state index contributed by atoms with van der Waals surface area (Å²) in [5.41, 5.74) is 0.966. The Labute approximate surface area is 147 Å². The molecular weight excluding hydrogens is 318 g/mol. The van der Waals surface area contributed by atoms with Gasteiger partial charge in [-0.2, -0.15) is 0 Å². The van der Waals surface area contributed by atoms with Gasteiger partial charge in [-0.25, -0.2) is 4.79 Å². The average molecular weight is 350 g/mol. The highest BCUT2D eigenvalue weighted by molar-refractivity contribution is 6.74. The predicted octanol–water partition coefficient (Wildman–Crippen LogP) is 4.88. The van der Waals surface area contributed by atoms with E-state index in [0.717, 1.165) is 5.56 Å². The van der Waals surface area contributed by atoms with Crippen molar-refractivity contribution in [3.63, 3.8) is 0 Å². The number of benzene rings is 1. The Balaban J connectivity index is 2.48. The van der Waals surface area contributed by atoms with Gasteiger partial charge in [0.25, 0.3) is 0 Å². The lowest BCUT2D eigenvalue weighted by Gasteiger charge is -2.39. The first-order valence-electron chi connectivity index (χ1n) is 8.39. The minimum atomic E-state index is -1.89. The SMILES string of the molecule is C=CCC(CNC(=O)OCc1ccccc1)O[Si](C)(C)C(C)(C)C. The molecular formula is C19H31NO3Si. The molecule has 0 aliphatic rings. The van der Waals surface area contributed by atoms with Crippen molar-refractivity contribution < 1.29 is 14.0 Å². The van der Waals surface area contributed by atoms with Gasteiger partial charge in [-0.3, -0.25) is 0 Å². The number of carbonyl (C=O) groups excluding carboxylic acids is 1. The molecule has 1 rings (SSSR count). The van der Waals surface area contributed by atoms with Crippen LogP contribution in [0.3, 0.4) is 0 Å². The first-order valence-corrected chi connectivity index (χ1v) is 11.3. The molecule has 1 N–H and O–H groups in total. The molecule has 0 fully saturated rings. The standard InChI is InChI=1S/C19H31NO3Si/c1-7-11-17(23-24(5,6)19(2,3)4)14-20-18(21)22-15-16-12-9-8-10-13-16/h7-10,12-13,17H,1,11,14-15H2,2-6H3,(H,20,21). The van der Waals surface area contributed by atoms with E-state index in [1.54, 1.807) is 0 Å². The summed E-state index contributed by atoms with van der Waals surface area (Å²) in [6.07, 6.45) is 2.03. The van der Waals surface area contributed by atoms with E-state index >= 15 is 0 Å². The Morgan fingerprint density at radius 1 is 1.29 bits per heavy atom. The van der Waals surface area contributed by atoms with Gasteiger partial charge in [0.05, 0.1) is 6.10 Å². The van der Waals surface area contributed by atoms with Crippen molar-refractivity contribution in [2.45, 2.75) is 58.0 Å². The summed E-state index contributed by atoms with van der Waals surface area (Å²) >= 11 is 0. The lowest BCUT2D eigenvalue weighted by molar-refractivity contribution is 0.128. The lowest BCUT2D eigenvalue weighted by atomic mass is 10.2. The summed E-state index contributed by atoms with van der Waals surface area (Å²) in [6.45, 7) is 15.5. The second-order valence-electron chi connectivity index (χ2n) is 7.47. The molecule has 0 heterocycles. The molecule has 4 nitrogen and oxygen atoms in total. The zero-order chi connectivity index (χ0) is 18.2. The summed E-state index contributed by atoms with van der Waals surface area (Å²) in [7, 11) is -1.89. The molecule has 0 saturated carbocycles. The normalized spacial score (nSPS) is 13.2. The summed E-state index contributed by atoms with van der Waals surface area (Å²) in [5.74, 6) is 0. The average Bonchev–Trinajstić information content (AvgIpc) is 2.50. The van der Waals surface area contributed by atoms with E-state index in [1.165, 1.54) is 0 Å². The Bertz CT molecular complexity index is 523. The zero-order valence-electron chi connectivity index (χ0n) is 15.6. The van der Waals surface area contributed by atoms with E-state index < -0.39 is 14.4 Å². The maximum Gasteiger partial charge on any atom is 0.407 e. The molecule has 1 aromatic carbocycles. The van der Waals surface area contributed by atoms with Crippen molar-refractivity contribution >= 4 is 14.4 Å². The van der Waals surface area contributed by atoms with Gasteiger partial charge in [0, 0.05) is 6.54 Å². The highest BCUT2D eigenvalue weighted by Gasteiger charge is 2.38. The molecule has 134 valence electrons. The van der Waals surface area contributed by atoms with Crippen molar-refractivity contribution in [2.24, 2.45) is 0 Å². The van der Waals surface area contributed by atoms with Crippen LogP contribution in [-0.4, -0.2) is 27.1 Å². The van der Waals surface area contributed by atoms with Gasteiger partial charge in [-0.05, 0) is 30.1 Å². The molecule has 0 saturated heterocycles. The van der Waals surface area contributed by atoms with Gasteiger partial charge < -0.3 is 14.5 Å². The lowest BCUT2D eigenvalue weighted by Crippen LogP contribution is -2.47. The van der Waals surface area contributed by atoms with Crippen LogP contribution in [-0.2, 0) is 15.8 Å². The van der Waals surface area contributed by atoms with Gasteiger partial charge in [0.15, 0.2) is 8.32 Å². The van der Waals surface area contributed by atoms with Crippen LogP contribution in [0.4, 0.5) is 4.79 Å². The van der Waals surface area contributed by atoms with Crippen LogP contribution in [0.1, 0.15) is 32.8 Å². The van der Waals surface area contributed by atoms with E-state index in [1.807, 2.05) is 36.4 Å². The number of rotatable bonds is 8. The van der Waals surface area contributed by atoms with Crippen LogP contribution in [0, 0.1) is 0 Å². The van der Waals surface area contributed by atoms with Gasteiger partial charge in [0.1, 0.15) is 6.61 Å². The largest absolute Gasteiger partial charge is 0.445 e. The molecule has 1 unspecified atom stereocenters. The van der Waals surface area contributed by atoms with Crippen LogP contribution < -0.4 is 5.32 Å². The molecule has 0 aliphatic heterocycles. The van der Waals surface area contributed by atoms with Crippen molar-refractivity contribution in [1.29, 1.82) is 0 Å². The quantitative estimate of drug-likeness (QED) is 0.537. The fourth-order valence-electron chi connectivity index (χ4n) is 1.92. The molecule has 0 aliphatic carbocycles. The number of carbonyl (C=O) groups is 1. The van der Waals surface area contributed by atoms with E-state index in [4.69, 9.17) is 9.16 Å². The van der Waals surface area contributed by atoms with Crippen LogP contribution in [0.5, 0.6) is 0 Å². The molecule has 1 aromatic rings. The van der Waals surface area contributed by atoms with Crippen molar-refractivity contribution in [3.8, 4) is 0 Å². The minimum Gasteiger partial charge on any atom is -0.445 e. The summed E-state index contributed by atoms with van der Waals surface area (Å²) in [6, 6.07) is 9.62. The molecule has 0 bridgehead atoms. The van der Waals surface area contributed by atoms with Crippen molar-refractivity contribution in [3.05, 3.63) is 48.6 Å². The first-order chi connectivity index (χ1) is 11.2. The summed E-state index contributed by atoms with van der Waals surface area (Å²) in [5, 5.41) is 2.93. The number of nitrogens with one attached hydrogen (secondary N) is 1. The van der Waals surface area contributed by atoms with Gasteiger partial charge >= 0.3 is 6.09 Å². The van der Waals surface area contributed by atoms with E-state index in [9.17, 15) is 4.79 Å². The molecule has 24 heavy (non-hydrogen) atoms. The van der Waals surface area contributed by atoms with Gasteiger partial charge in [0.2, 0.25) is 0 Å². The first kappa shape index (κ1) is 20.5. The van der Waals surface area contributed by atoms with Crippen molar-refractivity contribution in [1.82, 2.24) is 5.32 Å². The maximum atomic E-state index is 11.9. The number of ether oxygens (including phenoxy) is 1. The summed E-state index contributed by atoms with van der Waals surface area (Å²) < 4.78 is 11.6. The molecule has 0 aromatic heterocycles. The van der Waals surface area contributed by atoms with Crippen molar-refractivity contribution in [2.75, 3.05) is 6.54 Å². The number of hydrogen-bond acceptors (Lipinski definition) is 3. The molecule has 5 heteroatoms. The zero-order valence-corrected chi connectivity index (χ0v) is 16.6. The molecule has 0 radical (unpaired) electrons. The van der Waals surface area contributed by atoms with Gasteiger partial charge in [-0.15, -0.1) is 6.58 Å². The van der Waals surface area contributed by atoms with Crippen LogP contribution >= 0.6 is 0 Å². The fourth-order valence-corrected chi connectivity index (χ4v) is 3.29. The Hall–Kier alpha value is -1.59. The van der Waals surface area contributed by atoms with E-state index in [2.05, 4.69) is 45.8 Å². The van der Waals surface area contributed by atoms with Gasteiger partial charge in [-0.1, -0.05) is 57.2 Å². The Morgan fingerprint density at radius 3 is 2.46 bits per heavy atom. The third-order valence-corrected chi connectivity index (χ3v) is 8.92. The smallest absolute Gasteiger partial charge is 0.407 e. The highest BCUT2D eigenvalue weighted by atomic mass is 28.4. The minimum absolute atomic E-state index is 0.0762. The third kappa shape index (κ3) is 6.89. The monoisotopic (exact) mass is 349 g/mol. The Kier molecular flexibility index (Phi) is 7.70. The number of hydrogen-bond donors (Lipinski definition) is 1. The topological polar surface area (TPSA) is 47.6 Å². The van der Waals surface area contributed by atoms with Crippen LogP contribution in [0.15, 0.2) is 43.0 Å². The number of alkyl carbamates (subject to hydrolysis) is 1. The summed E-state index contributed by atoms with van der Waals surface area (Å²) in [4.78, 5) is 11.9. The predicted molar refractivity (Wildman–Crippen MR) is 102 cm³/mol. The third-order valence-electron chi connectivity index (χ3n) is 4.38. The molecule has 0 spiro atoms. The second kappa shape index (κ2) is 9.04. The molecule has 1 atom stereocenters. The Morgan fingerprint density at radius 2 is 1.92 bits per heavy atom. The van der Waals surface area contributed by atoms with E-state index in [-0.39, 0.29) is 17.7 Å². The maximum absolute atomic E-state index is 11.9. The highest BCUT2D eigenvalue weighted by Crippen LogP contribution is 2.37. The molecule has 1 amide bonds. The number of amides is 1. The van der Waals surface area contributed by atoms with Crippen LogP contribution in [0.25, 0.3) is 0 Å².